The lowest BCUT2D eigenvalue weighted by atomic mass is 9.95. The predicted molar refractivity (Wildman–Crippen MR) is 131 cm³/mol. The Kier molecular flexibility index (Phi) is 9.01. The molecule has 6 heteroatoms. The minimum absolute atomic E-state index is 0.0725. The van der Waals surface area contributed by atoms with E-state index in [4.69, 9.17) is 23.2 Å². The summed E-state index contributed by atoms with van der Waals surface area (Å²) in [6, 6.07) is 12.9. The fourth-order valence-corrected chi connectivity index (χ4v) is 4.60. The second-order valence-corrected chi connectivity index (χ2v) is 9.51. The molecule has 0 spiro atoms. The summed E-state index contributed by atoms with van der Waals surface area (Å²) in [6.45, 7) is 4.27. The summed E-state index contributed by atoms with van der Waals surface area (Å²) in [6.07, 6.45) is 6.30. The zero-order valence-electron chi connectivity index (χ0n) is 18.9. The van der Waals surface area contributed by atoms with Crippen LogP contribution in [0.3, 0.4) is 0 Å². The average Bonchev–Trinajstić information content (AvgIpc) is 2.78. The van der Waals surface area contributed by atoms with Crippen molar-refractivity contribution in [3.63, 3.8) is 0 Å². The van der Waals surface area contributed by atoms with E-state index in [-0.39, 0.29) is 24.3 Å². The molecule has 4 nitrogen and oxygen atoms in total. The number of hydrogen-bond donors (Lipinski definition) is 1. The molecule has 172 valence electrons. The van der Waals surface area contributed by atoms with E-state index in [1.54, 1.807) is 17.0 Å². The number of carbonyl (C=O) groups excluding carboxylic acids is 2. The van der Waals surface area contributed by atoms with Crippen molar-refractivity contribution >= 4 is 35.0 Å². The monoisotopic (exact) mass is 474 g/mol. The Bertz CT molecular complexity index is 924. The van der Waals surface area contributed by atoms with Gasteiger partial charge in [-0.1, -0.05) is 85.3 Å². The molecule has 1 aliphatic rings. The van der Waals surface area contributed by atoms with Crippen LogP contribution in [0.25, 0.3) is 0 Å². The highest BCUT2D eigenvalue weighted by Gasteiger charge is 2.30. The molecule has 1 N–H and O–H groups in total. The largest absolute Gasteiger partial charge is 0.352 e. The van der Waals surface area contributed by atoms with E-state index in [0.29, 0.717) is 23.0 Å². The van der Waals surface area contributed by atoms with Crippen LogP contribution in [0.1, 0.15) is 62.1 Å². The molecule has 1 aliphatic carbocycles. The molecule has 3 rings (SSSR count). The maximum atomic E-state index is 13.4. The Balaban J connectivity index is 1.82. The maximum Gasteiger partial charge on any atom is 0.243 e. The Hall–Kier alpha value is -2.04. The SMILES string of the molecule is CC[C@H](C(=O)NC1CCCCC1)N(Cc1ccc(Cl)c(Cl)c1)C(=O)Cc1ccc(C)cc1. The van der Waals surface area contributed by atoms with Crippen LogP contribution in [0.5, 0.6) is 0 Å². The quantitative estimate of drug-likeness (QED) is 0.502. The van der Waals surface area contributed by atoms with E-state index in [2.05, 4.69) is 5.32 Å². The zero-order chi connectivity index (χ0) is 23.1. The molecular weight excluding hydrogens is 443 g/mol. The third-order valence-electron chi connectivity index (χ3n) is 6.15. The van der Waals surface area contributed by atoms with E-state index in [1.807, 2.05) is 44.2 Å². The van der Waals surface area contributed by atoms with Crippen LogP contribution in [0.2, 0.25) is 10.0 Å². The number of amides is 2. The normalized spacial score (nSPS) is 15.2. The van der Waals surface area contributed by atoms with Crippen molar-refractivity contribution in [2.24, 2.45) is 0 Å². The number of carbonyl (C=O) groups is 2. The lowest BCUT2D eigenvalue weighted by Gasteiger charge is -2.33. The molecule has 0 heterocycles. The van der Waals surface area contributed by atoms with Gasteiger partial charge in [0.15, 0.2) is 0 Å². The predicted octanol–water partition coefficient (Wildman–Crippen LogP) is 6.10. The molecule has 0 aromatic heterocycles. The molecule has 0 unspecified atom stereocenters. The summed E-state index contributed by atoms with van der Waals surface area (Å²) < 4.78 is 0. The van der Waals surface area contributed by atoms with Crippen LogP contribution < -0.4 is 5.32 Å². The topological polar surface area (TPSA) is 49.4 Å². The van der Waals surface area contributed by atoms with Gasteiger partial charge in [0.2, 0.25) is 11.8 Å². The van der Waals surface area contributed by atoms with E-state index in [9.17, 15) is 9.59 Å². The van der Waals surface area contributed by atoms with Crippen molar-refractivity contribution in [2.45, 2.75) is 77.4 Å². The highest BCUT2D eigenvalue weighted by molar-refractivity contribution is 6.42. The van der Waals surface area contributed by atoms with Crippen molar-refractivity contribution in [3.8, 4) is 0 Å². The van der Waals surface area contributed by atoms with Crippen molar-refractivity contribution < 1.29 is 9.59 Å². The first-order chi connectivity index (χ1) is 15.4. The summed E-state index contributed by atoms with van der Waals surface area (Å²) in [7, 11) is 0. The number of rotatable bonds is 8. The molecule has 0 aliphatic heterocycles. The summed E-state index contributed by atoms with van der Waals surface area (Å²) >= 11 is 12.3. The van der Waals surface area contributed by atoms with Gasteiger partial charge < -0.3 is 10.2 Å². The van der Waals surface area contributed by atoms with Gasteiger partial charge in [0, 0.05) is 12.6 Å². The minimum atomic E-state index is -0.538. The third kappa shape index (κ3) is 6.73. The van der Waals surface area contributed by atoms with Crippen molar-refractivity contribution in [1.29, 1.82) is 0 Å². The van der Waals surface area contributed by atoms with Gasteiger partial charge in [-0.05, 0) is 49.4 Å². The van der Waals surface area contributed by atoms with Crippen LogP contribution >= 0.6 is 23.2 Å². The van der Waals surface area contributed by atoms with Gasteiger partial charge in [0.05, 0.1) is 16.5 Å². The molecule has 32 heavy (non-hydrogen) atoms. The lowest BCUT2D eigenvalue weighted by molar-refractivity contribution is -0.141. The van der Waals surface area contributed by atoms with Crippen molar-refractivity contribution in [3.05, 3.63) is 69.2 Å². The fraction of sp³-hybridized carbons (Fsp3) is 0.462. The van der Waals surface area contributed by atoms with E-state index in [1.165, 1.54) is 6.42 Å². The maximum absolute atomic E-state index is 13.4. The van der Waals surface area contributed by atoms with E-state index in [0.717, 1.165) is 42.4 Å². The number of aryl methyl sites for hydroxylation is 1. The molecule has 1 saturated carbocycles. The molecule has 2 amide bonds. The van der Waals surface area contributed by atoms with Crippen LogP contribution in [-0.4, -0.2) is 28.8 Å². The summed E-state index contributed by atoms with van der Waals surface area (Å²) in [5.74, 6) is -0.151. The fourth-order valence-electron chi connectivity index (χ4n) is 4.28. The first-order valence-corrected chi connectivity index (χ1v) is 12.2. The standard InChI is InChI=1S/C26H32Cl2N2O2/c1-3-24(26(32)29-21-7-5-4-6-8-21)30(17-20-13-14-22(27)23(28)15-20)25(31)16-19-11-9-18(2)10-12-19/h9-15,21,24H,3-8,16-17H2,1-2H3,(H,29,32)/t24-/m1/s1. The molecule has 2 aromatic carbocycles. The van der Waals surface area contributed by atoms with Crippen LogP contribution in [-0.2, 0) is 22.6 Å². The van der Waals surface area contributed by atoms with Crippen LogP contribution in [0, 0.1) is 6.92 Å². The number of nitrogens with one attached hydrogen (secondary N) is 1. The first-order valence-electron chi connectivity index (χ1n) is 11.5. The van der Waals surface area contributed by atoms with Crippen molar-refractivity contribution in [2.75, 3.05) is 0 Å². The van der Waals surface area contributed by atoms with Crippen LogP contribution in [0.15, 0.2) is 42.5 Å². The first kappa shape index (κ1) is 24.6. The number of benzene rings is 2. The molecule has 0 saturated heterocycles. The zero-order valence-corrected chi connectivity index (χ0v) is 20.4. The average molecular weight is 475 g/mol. The van der Waals surface area contributed by atoms with E-state index >= 15 is 0 Å². The molecule has 1 fully saturated rings. The van der Waals surface area contributed by atoms with Crippen molar-refractivity contribution in [1.82, 2.24) is 10.2 Å². The molecule has 1 atom stereocenters. The third-order valence-corrected chi connectivity index (χ3v) is 6.89. The summed E-state index contributed by atoms with van der Waals surface area (Å²) in [5.41, 5.74) is 2.93. The lowest BCUT2D eigenvalue weighted by Crippen LogP contribution is -2.51. The van der Waals surface area contributed by atoms with Gasteiger partial charge in [-0.2, -0.15) is 0 Å². The highest BCUT2D eigenvalue weighted by atomic mass is 35.5. The van der Waals surface area contributed by atoms with Gasteiger partial charge >= 0.3 is 0 Å². The Morgan fingerprint density at radius 2 is 1.66 bits per heavy atom. The Morgan fingerprint density at radius 3 is 2.28 bits per heavy atom. The summed E-state index contributed by atoms with van der Waals surface area (Å²) in [5, 5.41) is 4.11. The Labute approximate surface area is 201 Å². The number of hydrogen-bond acceptors (Lipinski definition) is 2. The van der Waals surface area contributed by atoms with Gasteiger partial charge in [-0.25, -0.2) is 0 Å². The second kappa shape index (κ2) is 11.7. The summed E-state index contributed by atoms with van der Waals surface area (Å²) in [4.78, 5) is 28.4. The van der Waals surface area contributed by atoms with E-state index < -0.39 is 6.04 Å². The Morgan fingerprint density at radius 1 is 1.00 bits per heavy atom. The number of nitrogens with zero attached hydrogens (tertiary/aromatic N) is 1. The molecule has 0 radical (unpaired) electrons. The highest BCUT2D eigenvalue weighted by Crippen LogP contribution is 2.25. The van der Waals surface area contributed by atoms with Crippen LogP contribution in [0.4, 0.5) is 0 Å². The smallest absolute Gasteiger partial charge is 0.243 e. The van der Waals surface area contributed by atoms with Gasteiger partial charge in [0.25, 0.3) is 0 Å². The molecular formula is C26H32Cl2N2O2. The van der Waals surface area contributed by atoms with Gasteiger partial charge in [0.1, 0.15) is 6.04 Å². The van der Waals surface area contributed by atoms with Gasteiger partial charge in [-0.3, -0.25) is 9.59 Å². The second-order valence-electron chi connectivity index (χ2n) is 8.70. The molecule has 2 aromatic rings. The number of halogens is 2. The molecule has 0 bridgehead atoms. The van der Waals surface area contributed by atoms with Gasteiger partial charge in [-0.15, -0.1) is 0 Å². The minimum Gasteiger partial charge on any atom is -0.352 e.